The maximum atomic E-state index is 9.31. The Labute approximate surface area is 90.2 Å². The molecule has 0 amide bonds. The average molecular weight is 214 g/mol. The first kappa shape index (κ1) is 11.6. The second-order valence-corrected chi connectivity index (χ2v) is 4.85. The molecule has 1 fully saturated rings. The molecule has 1 N–H and O–H groups in total. The quantitative estimate of drug-likeness (QED) is 0.579. The minimum Gasteiger partial charge on any atom is -0.377 e. The number of rotatable bonds is 3. The van der Waals surface area contributed by atoms with Crippen LogP contribution in [0.2, 0.25) is 0 Å². The lowest BCUT2D eigenvalue weighted by atomic mass is 10.1. The first-order valence-electron chi connectivity index (χ1n) is 4.88. The fourth-order valence-corrected chi connectivity index (χ4v) is 2.49. The van der Waals surface area contributed by atoms with Crippen LogP contribution in [0.3, 0.4) is 0 Å². The Morgan fingerprint density at radius 3 is 2.57 bits per heavy atom. The van der Waals surface area contributed by atoms with Crippen molar-refractivity contribution in [3.63, 3.8) is 0 Å². The molecule has 3 heteroatoms. The molecule has 0 bridgehead atoms. The molecular formula is C11H16ClNO. The molecule has 1 saturated carbocycles. The lowest BCUT2D eigenvalue weighted by Crippen LogP contribution is -2.03. The van der Waals surface area contributed by atoms with E-state index < -0.39 is 5.56 Å². The maximum Gasteiger partial charge on any atom is 0.131 e. The van der Waals surface area contributed by atoms with Crippen LogP contribution in [0.15, 0.2) is 11.6 Å². The summed E-state index contributed by atoms with van der Waals surface area (Å²) in [5.41, 5.74) is 0.00395. The van der Waals surface area contributed by atoms with Crippen molar-refractivity contribution in [3.8, 4) is 6.07 Å². The molecule has 3 atom stereocenters. The molecule has 0 aromatic heterocycles. The number of nitriles is 1. The normalized spacial score (nSPS) is 32.1. The molecule has 0 aromatic rings. The van der Waals surface area contributed by atoms with Gasteiger partial charge in [0.15, 0.2) is 0 Å². The Bertz CT molecular complexity index is 288. The van der Waals surface area contributed by atoms with Gasteiger partial charge in [0.25, 0.3) is 0 Å². The smallest absolute Gasteiger partial charge is 0.131 e. The Kier molecular flexibility index (Phi) is 3.24. The van der Waals surface area contributed by atoms with E-state index in [-0.39, 0.29) is 17.3 Å². The fourth-order valence-electron chi connectivity index (χ4n) is 2.01. The lowest BCUT2D eigenvalue weighted by Gasteiger charge is -2.01. The zero-order valence-electron chi connectivity index (χ0n) is 8.79. The summed E-state index contributed by atoms with van der Waals surface area (Å²) >= 11 is 5.67. The molecule has 78 valence electrons. The Morgan fingerprint density at radius 2 is 2.29 bits per heavy atom. The van der Waals surface area contributed by atoms with Crippen molar-refractivity contribution in [1.82, 2.24) is 0 Å². The maximum absolute atomic E-state index is 9.31. The van der Waals surface area contributed by atoms with Crippen LogP contribution in [0.5, 0.6) is 0 Å². The van der Waals surface area contributed by atoms with Gasteiger partial charge in [-0.05, 0) is 17.8 Å². The zero-order valence-corrected chi connectivity index (χ0v) is 9.54. The highest BCUT2D eigenvalue weighted by Gasteiger charge is 2.59. The number of alkyl halides is 1. The van der Waals surface area contributed by atoms with Gasteiger partial charge in [0.05, 0.1) is 6.07 Å². The molecule has 0 radical (unpaired) electrons. The monoisotopic (exact) mass is 213 g/mol. The van der Waals surface area contributed by atoms with Gasteiger partial charge in [0.1, 0.15) is 5.56 Å². The molecule has 1 aliphatic rings. The highest BCUT2D eigenvalue weighted by molar-refractivity contribution is 6.20. The summed E-state index contributed by atoms with van der Waals surface area (Å²) in [5, 5.41) is 18.1. The number of aliphatic hydroxyl groups is 1. The van der Waals surface area contributed by atoms with Crippen molar-refractivity contribution in [3.05, 3.63) is 11.6 Å². The van der Waals surface area contributed by atoms with Gasteiger partial charge in [-0.1, -0.05) is 38.4 Å². The van der Waals surface area contributed by atoms with E-state index in [1.807, 2.05) is 13.0 Å². The summed E-state index contributed by atoms with van der Waals surface area (Å²) in [6.45, 7) is 6.08. The van der Waals surface area contributed by atoms with Gasteiger partial charge in [0.2, 0.25) is 0 Å². The van der Waals surface area contributed by atoms with Crippen LogP contribution in [-0.2, 0) is 0 Å². The van der Waals surface area contributed by atoms with E-state index in [0.717, 1.165) is 12.0 Å². The fraction of sp³-hybridized carbons (Fsp3) is 0.727. The van der Waals surface area contributed by atoms with Gasteiger partial charge in [-0.2, -0.15) is 5.26 Å². The molecule has 0 heterocycles. The summed E-state index contributed by atoms with van der Waals surface area (Å²) in [4.78, 5) is 0. The summed E-state index contributed by atoms with van der Waals surface area (Å²) in [5.74, 6) is 0.323. The predicted molar refractivity (Wildman–Crippen MR) is 56.6 cm³/mol. The van der Waals surface area contributed by atoms with E-state index >= 15 is 0 Å². The molecule has 1 rings (SSSR count). The van der Waals surface area contributed by atoms with E-state index in [2.05, 4.69) is 19.9 Å². The largest absolute Gasteiger partial charge is 0.377 e. The molecule has 0 aromatic carbocycles. The third-order valence-corrected chi connectivity index (χ3v) is 3.47. The summed E-state index contributed by atoms with van der Waals surface area (Å²) in [6, 6.07) is 2.16. The molecular weight excluding hydrogens is 198 g/mol. The van der Waals surface area contributed by atoms with Crippen molar-refractivity contribution in [1.29, 1.82) is 5.26 Å². The Balaban J connectivity index is 2.75. The second kappa shape index (κ2) is 3.92. The van der Waals surface area contributed by atoms with Crippen molar-refractivity contribution < 1.29 is 5.11 Å². The van der Waals surface area contributed by atoms with E-state index in [9.17, 15) is 5.11 Å². The molecule has 14 heavy (non-hydrogen) atoms. The molecule has 0 spiro atoms. The first-order chi connectivity index (χ1) is 6.45. The third-order valence-electron chi connectivity index (χ3n) is 3.20. The third kappa shape index (κ3) is 1.94. The topological polar surface area (TPSA) is 44.0 Å². The molecule has 1 aliphatic carbocycles. The minimum atomic E-state index is -0.803. The second-order valence-electron chi connectivity index (χ2n) is 4.40. The number of nitrogens with zero attached hydrogens (tertiary/aromatic N) is 1. The predicted octanol–water partition coefficient (Wildman–Crippen LogP) is 2.68. The highest BCUT2D eigenvalue weighted by atomic mass is 35.5. The SMILES string of the molecule is CC/C(C#N)=C/[C@@H]1[C@@H](C(O)Cl)C1(C)C. The Morgan fingerprint density at radius 1 is 1.71 bits per heavy atom. The molecule has 2 nitrogen and oxygen atoms in total. The van der Waals surface area contributed by atoms with Crippen LogP contribution in [0.1, 0.15) is 27.2 Å². The van der Waals surface area contributed by atoms with Crippen molar-refractivity contribution in [2.45, 2.75) is 32.8 Å². The first-order valence-corrected chi connectivity index (χ1v) is 5.31. The minimum absolute atomic E-state index is 0.0262. The Hall–Kier alpha value is -0.520. The number of halogens is 1. The van der Waals surface area contributed by atoms with Gasteiger partial charge >= 0.3 is 0 Å². The van der Waals surface area contributed by atoms with Crippen molar-refractivity contribution >= 4 is 11.6 Å². The van der Waals surface area contributed by atoms with Crippen LogP contribution < -0.4 is 0 Å². The number of hydrogen-bond donors (Lipinski definition) is 1. The molecule has 0 aliphatic heterocycles. The van der Waals surface area contributed by atoms with E-state index in [0.29, 0.717) is 0 Å². The standard InChI is InChI=1S/C11H16ClNO/c1-4-7(6-13)5-8-9(10(12)14)11(8,2)3/h5,8-10,14H,4H2,1-3H3/b7-5-/t8-,9+,10?/m1/s1. The van der Waals surface area contributed by atoms with E-state index in [1.54, 1.807) is 0 Å². The van der Waals surface area contributed by atoms with Crippen molar-refractivity contribution in [2.24, 2.45) is 17.3 Å². The number of aliphatic hydroxyl groups excluding tert-OH is 1. The van der Waals surface area contributed by atoms with Crippen LogP contribution in [0.4, 0.5) is 0 Å². The van der Waals surface area contributed by atoms with Gasteiger partial charge in [0, 0.05) is 11.5 Å². The van der Waals surface area contributed by atoms with Crippen LogP contribution >= 0.6 is 11.6 Å². The van der Waals surface area contributed by atoms with Crippen LogP contribution in [0.25, 0.3) is 0 Å². The number of allylic oxidation sites excluding steroid dienone is 2. The zero-order chi connectivity index (χ0) is 10.9. The summed E-state index contributed by atoms with van der Waals surface area (Å²) < 4.78 is 0. The van der Waals surface area contributed by atoms with Gasteiger partial charge < -0.3 is 5.11 Å². The van der Waals surface area contributed by atoms with E-state index in [1.165, 1.54) is 0 Å². The van der Waals surface area contributed by atoms with Gasteiger partial charge in [-0.3, -0.25) is 0 Å². The molecule has 1 unspecified atom stereocenters. The van der Waals surface area contributed by atoms with Gasteiger partial charge in [-0.25, -0.2) is 0 Å². The summed E-state index contributed by atoms with van der Waals surface area (Å²) in [7, 11) is 0. The lowest BCUT2D eigenvalue weighted by molar-refractivity contribution is 0.214. The summed E-state index contributed by atoms with van der Waals surface area (Å²) in [6.07, 6.45) is 2.70. The van der Waals surface area contributed by atoms with Gasteiger partial charge in [-0.15, -0.1) is 0 Å². The van der Waals surface area contributed by atoms with Crippen LogP contribution in [0, 0.1) is 28.6 Å². The molecule has 0 saturated heterocycles. The average Bonchev–Trinajstić information content (AvgIpc) is 2.63. The van der Waals surface area contributed by atoms with Crippen LogP contribution in [-0.4, -0.2) is 10.7 Å². The highest BCUT2D eigenvalue weighted by Crippen LogP contribution is 2.61. The van der Waals surface area contributed by atoms with E-state index in [4.69, 9.17) is 16.9 Å². The number of hydrogen-bond acceptors (Lipinski definition) is 2. The van der Waals surface area contributed by atoms with Crippen molar-refractivity contribution in [2.75, 3.05) is 0 Å².